The Morgan fingerprint density at radius 3 is 2.43 bits per heavy atom. The van der Waals surface area contributed by atoms with Gasteiger partial charge in [-0.15, -0.1) is 11.3 Å². The molecule has 0 aliphatic carbocycles. The van der Waals surface area contributed by atoms with E-state index in [1.807, 2.05) is 0 Å². The Morgan fingerprint density at radius 2 is 1.80 bits per heavy atom. The number of nitrogen functional groups attached to an aromatic ring is 2. The summed E-state index contributed by atoms with van der Waals surface area (Å²) in [4.78, 5) is 18.1. The van der Waals surface area contributed by atoms with Gasteiger partial charge in [0.15, 0.2) is 0 Å². The van der Waals surface area contributed by atoms with Crippen molar-refractivity contribution in [1.29, 1.82) is 5.26 Å². The van der Waals surface area contributed by atoms with E-state index in [1.165, 1.54) is 24.3 Å². The van der Waals surface area contributed by atoms with E-state index in [0.717, 1.165) is 11.3 Å². The number of phenols is 1. The summed E-state index contributed by atoms with van der Waals surface area (Å²) in [6.45, 7) is 0. The van der Waals surface area contributed by atoms with Gasteiger partial charge in [0.05, 0.1) is 15.7 Å². The van der Waals surface area contributed by atoms with Gasteiger partial charge < -0.3 is 16.6 Å². The first-order chi connectivity index (χ1) is 14.3. The Bertz CT molecular complexity index is 1380. The summed E-state index contributed by atoms with van der Waals surface area (Å²) in [6, 6.07) is 12.9. The van der Waals surface area contributed by atoms with Crippen LogP contribution in [0.5, 0.6) is 5.75 Å². The molecule has 6 nitrogen and oxygen atoms in total. The number of benzene rings is 2. The fourth-order valence-corrected chi connectivity index (χ4v) is 4.51. The number of anilines is 2. The summed E-state index contributed by atoms with van der Waals surface area (Å²) in [7, 11) is 0. The molecule has 5 N–H and O–H groups in total. The largest absolute Gasteiger partial charge is 0.508 e. The number of ketones is 1. The molecule has 2 aromatic carbocycles. The summed E-state index contributed by atoms with van der Waals surface area (Å²) in [5, 5.41) is 20.3. The summed E-state index contributed by atoms with van der Waals surface area (Å²) in [6.07, 6.45) is 0. The molecule has 0 aliphatic rings. The van der Waals surface area contributed by atoms with Gasteiger partial charge in [0, 0.05) is 16.5 Å². The normalized spacial score (nSPS) is 10.8. The molecule has 0 fully saturated rings. The first-order valence-corrected chi connectivity index (χ1v) is 10.1. The minimum atomic E-state index is -0.345. The fraction of sp³-hybridized carbons (Fsp3) is 0. The number of rotatable bonds is 3. The van der Waals surface area contributed by atoms with Crippen molar-refractivity contribution in [1.82, 2.24) is 4.98 Å². The number of thiophene rings is 1. The lowest BCUT2D eigenvalue weighted by molar-refractivity contribution is 0.104. The number of pyridine rings is 1. The van der Waals surface area contributed by atoms with Gasteiger partial charge in [-0.2, -0.15) is 5.26 Å². The number of phenolic OH excluding ortho intramolecular Hbond substituents is 1. The lowest BCUT2D eigenvalue weighted by Gasteiger charge is -2.09. The Kier molecular flexibility index (Phi) is 5.00. The van der Waals surface area contributed by atoms with E-state index in [2.05, 4.69) is 11.1 Å². The predicted molar refractivity (Wildman–Crippen MR) is 120 cm³/mol. The number of hydrogen-bond donors (Lipinski definition) is 3. The number of halogens is 2. The molecule has 0 spiro atoms. The molecule has 0 amide bonds. The quantitative estimate of drug-likeness (QED) is 0.363. The number of nitriles is 1. The minimum absolute atomic E-state index is 0.0304. The second-order valence-electron chi connectivity index (χ2n) is 6.39. The molecule has 0 bridgehead atoms. The van der Waals surface area contributed by atoms with E-state index >= 15 is 0 Å². The van der Waals surface area contributed by atoms with Crippen molar-refractivity contribution in [2.75, 3.05) is 11.5 Å². The SMILES string of the molecule is N#Cc1c(N)nc2sc(C(=O)c3ccc(Cl)c(Cl)c3)c(N)c2c1-c1ccc(O)cc1. The van der Waals surface area contributed by atoms with E-state index < -0.39 is 0 Å². The summed E-state index contributed by atoms with van der Waals surface area (Å²) in [5.74, 6) is -0.241. The average molecular weight is 455 g/mol. The van der Waals surface area contributed by atoms with Gasteiger partial charge in [-0.25, -0.2) is 4.98 Å². The number of carbonyl (C=O) groups excluding carboxylic acids is 1. The maximum Gasteiger partial charge on any atom is 0.205 e. The highest BCUT2D eigenvalue weighted by Gasteiger charge is 2.25. The van der Waals surface area contributed by atoms with Crippen LogP contribution < -0.4 is 11.5 Å². The Balaban J connectivity index is 1.99. The topological polar surface area (TPSA) is 126 Å². The van der Waals surface area contributed by atoms with Crippen molar-refractivity contribution in [2.24, 2.45) is 0 Å². The summed E-state index contributed by atoms with van der Waals surface area (Å²) in [5.41, 5.74) is 14.1. The first kappa shape index (κ1) is 20.0. The van der Waals surface area contributed by atoms with Gasteiger partial charge in [-0.05, 0) is 35.9 Å². The molecule has 2 heterocycles. The van der Waals surface area contributed by atoms with Gasteiger partial charge in [0.25, 0.3) is 0 Å². The van der Waals surface area contributed by atoms with Crippen molar-refractivity contribution in [3.8, 4) is 22.9 Å². The highest BCUT2D eigenvalue weighted by atomic mass is 35.5. The highest BCUT2D eigenvalue weighted by molar-refractivity contribution is 7.21. The molecule has 4 rings (SSSR count). The lowest BCUT2D eigenvalue weighted by Crippen LogP contribution is -2.03. The van der Waals surface area contributed by atoms with E-state index in [9.17, 15) is 15.2 Å². The van der Waals surface area contributed by atoms with Crippen molar-refractivity contribution in [3.05, 3.63) is 68.5 Å². The van der Waals surface area contributed by atoms with Crippen LogP contribution in [0.2, 0.25) is 10.0 Å². The maximum absolute atomic E-state index is 13.1. The van der Waals surface area contributed by atoms with Crippen LogP contribution in [-0.4, -0.2) is 15.9 Å². The van der Waals surface area contributed by atoms with Crippen LogP contribution in [-0.2, 0) is 0 Å². The molecule has 2 aromatic heterocycles. The van der Waals surface area contributed by atoms with Crippen LogP contribution in [0.15, 0.2) is 42.5 Å². The van der Waals surface area contributed by atoms with Crippen molar-refractivity contribution in [3.63, 3.8) is 0 Å². The molecule has 0 atom stereocenters. The highest BCUT2D eigenvalue weighted by Crippen LogP contribution is 2.43. The molecule has 0 unspecified atom stereocenters. The number of carbonyl (C=O) groups is 1. The molecular formula is C21H12Cl2N4O2S. The van der Waals surface area contributed by atoms with Crippen molar-refractivity contribution < 1.29 is 9.90 Å². The number of aromatic nitrogens is 1. The monoisotopic (exact) mass is 454 g/mol. The van der Waals surface area contributed by atoms with Crippen LogP contribution in [0.25, 0.3) is 21.3 Å². The Labute approximate surface area is 184 Å². The fourth-order valence-electron chi connectivity index (χ4n) is 3.14. The predicted octanol–water partition coefficient (Wildman–Crippen LogP) is 5.24. The molecule has 0 radical (unpaired) electrons. The van der Waals surface area contributed by atoms with Gasteiger partial charge in [0.2, 0.25) is 5.78 Å². The smallest absolute Gasteiger partial charge is 0.205 e. The molecule has 0 aliphatic heterocycles. The van der Waals surface area contributed by atoms with Crippen LogP contribution in [0.4, 0.5) is 11.5 Å². The van der Waals surface area contributed by atoms with E-state index in [1.54, 1.807) is 18.2 Å². The third-order valence-corrected chi connectivity index (χ3v) is 6.40. The second kappa shape index (κ2) is 7.50. The van der Waals surface area contributed by atoms with Gasteiger partial charge in [0.1, 0.15) is 32.9 Å². The van der Waals surface area contributed by atoms with Gasteiger partial charge in [-0.1, -0.05) is 35.3 Å². The molecule has 9 heteroatoms. The summed E-state index contributed by atoms with van der Waals surface area (Å²) < 4.78 is 0. The molecule has 30 heavy (non-hydrogen) atoms. The number of aromatic hydroxyl groups is 1. The number of nitrogens with two attached hydrogens (primary N) is 2. The van der Waals surface area contributed by atoms with Crippen molar-refractivity contribution in [2.45, 2.75) is 0 Å². The average Bonchev–Trinajstić information content (AvgIpc) is 3.05. The number of fused-ring (bicyclic) bond motifs is 1. The number of nitrogens with zero attached hydrogens (tertiary/aromatic N) is 2. The molecule has 4 aromatic rings. The van der Waals surface area contributed by atoms with E-state index in [-0.39, 0.29) is 38.5 Å². The molecule has 0 saturated heterocycles. The zero-order chi connectivity index (χ0) is 21.6. The molecule has 0 saturated carbocycles. The third kappa shape index (κ3) is 3.21. The number of hydrogen-bond acceptors (Lipinski definition) is 7. The van der Waals surface area contributed by atoms with Crippen LogP contribution in [0, 0.1) is 11.3 Å². The van der Waals surface area contributed by atoms with Gasteiger partial charge in [-0.3, -0.25) is 4.79 Å². The van der Waals surface area contributed by atoms with E-state index in [4.69, 9.17) is 34.7 Å². The molecule has 148 valence electrons. The Hall–Kier alpha value is -3.31. The first-order valence-electron chi connectivity index (χ1n) is 8.52. The van der Waals surface area contributed by atoms with Crippen LogP contribution in [0.1, 0.15) is 20.8 Å². The zero-order valence-corrected chi connectivity index (χ0v) is 17.4. The zero-order valence-electron chi connectivity index (χ0n) is 15.1. The van der Waals surface area contributed by atoms with Crippen molar-refractivity contribution >= 4 is 62.0 Å². The second-order valence-corrected chi connectivity index (χ2v) is 8.20. The van der Waals surface area contributed by atoms with Crippen LogP contribution >= 0.6 is 34.5 Å². The summed E-state index contributed by atoms with van der Waals surface area (Å²) >= 11 is 13.1. The lowest BCUT2D eigenvalue weighted by atomic mass is 9.96. The standard InChI is InChI=1S/C21H12Cl2N4O2S/c22-13-6-3-10(7-14(13)23)18(29)19-17(25)16-15(9-1-4-11(28)5-2-9)12(8-24)20(26)27-21(16)30-19/h1-7,28H,25H2,(H2,26,27). The minimum Gasteiger partial charge on any atom is -0.508 e. The van der Waals surface area contributed by atoms with E-state index in [0.29, 0.717) is 31.9 Å². The van der Waals surface area contributed by atoms with Crippen LogP contribution in [0.3, 0.4) is 0 Å². The third-order valence-electron chi connectivity index (χ3n) is 4.56. The molecular weight excluding hydrogens is 443 g/mol. The maximum atomic E-state index is 13.1. The Morgan fingerprint density at radius 1 is 1.10 bits per heavy atom. The van der Waals surface area contributed by atoms with Gasteiger partial charge >= 0.3 is 0 Å².